The molecule has 1 amide bonds. The number of ether oxygens (including phenoxy) is 1. The first kappa shape index (κ1) is 19.2. The van der Waals surface area contributed by atoms with Crippen LogP contribution < -0.4 is 15.4 Å². The third-order valence-electron chi connectivity index (χ3n) is 3.67. The van der Waals surface area contributed by atoms with Gasteiger partial charge < -0.3 is 15.4 Å². The van der Waals surface area contributed by atoms with Gasteiger partial charge in [-0.2, -0.15) is 12.6 Å². The highest BCUT2D eigenvalue weighted by Gasteiger charge is 2.06. The second-order valence-electron chi connectivity index (χ2n) is 5.78. The molecule has 0 aromatic heterocycles. The van der Waals surface area contributed by atoms with Crippen molar-refractivity contribution in [2.75, 3.05) is 23.0 Å². The van der Waals surface area contributed by atoms with Crippen LogP contribution in [-0.2, 0) is 4.79 Å². The van der Waals surface area contributed by atoms with E-state index in [1.807, 2.05) is 48.5 Å². The molecular weight excluding hydrogens is 332 g/mol. The normalized spacial score (nSPS) is 10.3. The predicted molar refractivity (Wildman–Crippen MR) is 108 cm³/mol. The first-order chi connectivity index (χ1) is 12.2. The SMILES string of the molecule is CCCCCOc1cccc(Nc2ccccc2NC(=O)CCS)c1. The van der Waals surface area contributed by atoms with Crippen LogP contribution in [0.2, 0.25) is 0 Å². The molecule has 2 aromatic carbocycles. The van der Waals surface area contributed by atoms with Crippen molar-refractivity contribution >= 4 is 35.6 Å². The van der Waals surface area contributed by atoms with Crippen molar-refractivity contribution in [1.29, 1.82) is 0 Å². The number of para-hydroxylation sites is 2. The summed E-state index contributed by atoms with van der Waals surface area (Å²) in [6, 6.07) is 15.5. The van der Waals surface area contributed by atoms with Gasteiger partial charge in [-0.3, -0.25) is 4.79 Å². The average Bonchev–Trinajstić information content (AvgIpc) is 2.61. The molecule has 2 rings (SSSR count). The van der Waals surface area contributed by atoms with Gasteiger partial charge in [0, 0.05) is 18.2 Å². The lowest BCUT2D eigenvalue weighted by molar-refractivity contribution is -0.115. The van der Waals surface area contributed by atoms with Crippen molar-refractivity contribution < 1.29 is 9.53 Å². The highest BCUT2D eigenvalue weighted by Crippen LogP contribution is 2.27. The first-order valence-corrected chi connectivity index (χ1v) is 9.35. The average molecular weight is 359 g/mol. The molecule has 0 radical (unpaired) electrons. The van der Waals surface area contributed by atoms with Crippen molar-refractivity contribution in [1.82, 2.24) is 0 Å². The van der Waals surface area contributed by atoms with Crippen LogP contribution in [0.4, 0.5) is 17.1 Å². The summed E-state index contributed by atoms with van der Waals surface area (Å²) in [5, 5.41) is 6.26. The highest BCUT2D eigenvalue weighted by atomic mass is 32.1. The minimum absolute atomic E-state index is 0.0442. The van der Waals surface area contributed by atoms with Gasteiger partial charge in [0.05, 0.1) is 18.0 Å². The second kappa shape index (κ2) is 10.7. The Hall–Kier alpha value is -2.14. The molecule has 0 aliphatic heterocycles. The Balaban J connectivity index is 2.03. The molecule has 0 heterocycles. The number of hydrogen-bond acceptors (Lipinski definition) is 4. The van der Waals surface area contributed by atoms with E-state index in [4.69, 9.17) is 4.74 Å². The van der Waals surface area contributed by atoms with Crippen LogP contribution in [0.3, 0.4) is 0 Å². The van der Waals surface area contributed by atoms with Crippen LogP contribution in [0, 0.1) is 0 Å². The van der Waals surface area contributed by atoms with Crippen LogP contribution >= 0.6 is 12.6 Å². The summed E-state index contributed by atoms with van der Waals surface area (Å²) >= 11 is 4.09. The summed E-state index contributed by atoms with van der Waals surface area (Å²) in [6.07, 6.45) is 3.81. The van der Waals surface area contributed by atoms with E-state index in [9.17, 15) is 4.79 Å². The molecule has 0 saturated carbocycles. The number of rotatable bonds is 10. The van der Waals surface area contributed by atoms with Crippen molar-refractivity contribution in [2.24, 2.45) is 0 Å². The van der Waals surface area contributed by atoms with Crippen LogP contribution in [-0.4, -0.2) is 18.3 Å². The molecule has 0 bridgehead atoms. The number of nitrogens with one attached hydrogen (secondary N) is 2. The van der Waals surface area contributed by atoms with E-state index < -0.39 is 0 Å². The lowest BCUT2D eigenvalue weighted by atomic mass is 10.2. The smallest absolute Gasteiger partial charge is 0.225 e. The van der Waals surface area contributed by atoms with Gasteiger partial charge in [-0.25, -0.2) is 0 Å². The Morgan fingerprint density at radius 2 is 1.88 bits per heavy atom. The summed E-state index contributed by atoms with van der Waals surface area (Å²) in [6.45, 7) is 2.91. The van der Waals surface area contributed by atoms with Gasteiger partial charge in [0.2, 0.25) is 5.91 Å². The topological polar surface area (TPSA) is 50.4 Å². The Morgan fingerprint density at radius 1 is 1.08 bits per heavy atom. The van der Waals surface area contributed by atoms with E-state index in [2.05, 4.69) is 30.2 Å². The summed E-state index contributed by atoms with van der Waals surface area (Å²) in [5.74, 6) is 1.33. The van der Waals surface area contributed by atoms with E-state index in [0.29, 0.717) is 12.2 Å². The maximum atomic E-state index is 11.8. The van der Waals surface area contributed by atoms with E-state index in [1.165, 1.54) is 12.8 Å². The summed E-state index contributed by atoms with van der Waals surface area (Å²) in [4.78, 5) is 11.8. The standard InChI is InChI=1S/C20H26N2O2S/c1-2-3-6-13-24-17-9-7-8-16(15-17)21-18-10-4-5-11-19(18)22-20(23)12-14-25/h4-5,7-11,15,21,25H,2-3,6,12-14H2,1H3,(H,22,23). The molecular formula is C20H26N2O2S. The van der Waals surface area contributed by atoms with Crippen molar-refractivity contribution in [3.8, 4) is 5.75 Å². The van der Waals surface area contributed by atoms with Crippen LogP contribution in [0.1, 0.15) is 32.6 Å². The van der Waals surface area contributed by atoms with Gasteiger partial charge in [0.15, 0.2) is 0 Å². The fraction of sp³-hybridized carbons (Fsp3) is 0.350. The van der Waals surface area contributed by atoms with Crippen LogP contribution in [0.5, 0.6) is 5.75 Å². The molecule has 2 N–H and O–H groups in total. The lowest BCUT2D eigenvalue weighted by Crippen LogP contribution is -2.12. The van der Waals surface area contributed by atoms with Crippen molar-refractivity contribution in [2.45, 2.75) is 32.6 Å². The number of carbonyl (C=O) groups is 1. The maximum absolute atomic E-state index is 11.8. The van der Waals surface area contributed by atoms with E-state index in [-0.39, 0.29) is 5.91 Å². The zero-order chi connectivity index (χ0) is 17.9. The van der Waals surface area contributed by atoms with E-state index in [0.717, 1.165) is 35.8 Å². The zero-order valence-electron chi connectivity index (χ0n) is 14.6. The van der Waals surface area contributed by atoms with Crippen LogP contribution in [0.25, 0.3) is 0 Å². The fourth-order valence-corrected chi connectivity index (χ4v) is 2.58. The largest absolute Gasteiger partial charge is 0.494 e. The molecule has 5 heteroatoms. The summed E-state index contributed by atoms with van der Waals surface area (Å²) < 4.78 is 5.79. The van der Waals surface area contributed by atoms with Crippen molar-refractivity contribution in [3.05, 3.63) is 48.5 Å². The molecule has 0 saturated heterocycles. The Morgan fingerprint density at radius 3 is 2.64 bits per heavy atom. The van der Waals surface area contributed by atoms with Gasteiger partial charge in [0.25, 0.3) is 0 Å². The van der Waals surface area contributed by atoms with E-state index in [1.54, 1.807) is 0 Å². The number of benzene rings is 2. The van der Waals surface area contributed by atoms with Gasteiger partial charge in [-0.1, -0.05) is 38.0 Å². The Labute approximate surface area is 155 Å². The number of amides is 1. The van der Waals surface area contributed by atoms with E-state index >= 15 is 0 Å². The third kappa shape index (κ3) is 6.70. The molecule has 134 valence electrons. The molecule has 2 aromatic rings. The summed E-state index contributed by atoms with van der Waals surface area (Å²) in [7, 11) is 0. The van der Waals surface area contributed by atoms with Gasteiger partial charge >= 0.3 is 0 Å². The maximum Gasteiger partial charge on any atom is 0.225 e. The predicted octanol–water partition coefficient (Wildman–Crippen LogP) is 5.26. The molecule has 25 heavy (non-hydrogen) atoms. The molecule has 0 aliphatic carbocycles. The fourth-order valence-electron chi connectivity index (χ4n) is 2.38. The quantitative estimate of drug-likeness (QED) is 0.401. The molecule has 0 fully saturated rings. The highest BCUT2D eigenvalue weighted by molar-refractivity contribution is 7.80. The number of carbonyl (C=O) groups excluding carboxylic acids is 1. The molecule has 0 spiro atoms. The second-order valence-corrected chi connectivity index (χ2v) is 6.22. The van der Waals surface area contributed by atoms with Gasteiger partial charge in [-0.15, -0.1) is 0 Å². The monoisotopic (exact) mass is 358 g/mol. The van der Waals surface area contributed by atoms with Gasteiger partial charge in [-0.05, 0) is 36.4 Å². The molecule has 4 nitrogen and oxygen atoms in total. The number of thiol groups is 1. The number of unbranched alkanes of at least 4 members (excludes halogenated alkanes) is 2. The third-order valence-corrected chi connectivity index (χ3v) is 3.89. The number of hydrogen-bond donors (Lipinski definition) is 3. The lowest BCUT2D eigenvalue weighted by Gasteiger charge is -2.14. The number of anilines is 3. The van der Waals surface area contributed by atoms with Gasteiger partial charge in [0.1, 0.15) is 5.75 Å². The molecule has 0 atom stereocenters. The van der Waals surface area contributed by atoms with Crippen LogP contribution in [0.15, 0.2) is 48.5 Å². The Bertz CT molecular complexity index is 676. The molecule has 0 aliphatic rings. The first-order valence-electron chi connectivity index (χ1n) is 8.72. The van der Waals surface area contributed by atoms with Crippen molar-refractivity contribution in [3.63, 3.8) is 0 Å². The minimum atomic E-state index is -0.0442. The summed E-state index contributed by atoms with van der Waals surface area (Å²) in [5.41, 5.74) is 2.52. The Kier molecular flexibility index (Phi) is 8.19. The molecule has 0 unspecified atom stereocenters. The minimum Gasteiger partial charge on any atom is -0.494 e. The zero-order valence-corrected chi connectivity index (χ0v) is 15.5.